The van der Waals surface area contributed by atoms with Crippen LogP contribution in [0.3, 0.4) is 0 Å². The van der Waals surface area contributed by atoms with E-state index in [1.165, 1.54) is 18.2 Å². The SMILES string of the molecule is CN1CCCN(c2ccc(C(=O)NCc3ccc(F)cc3)cc2NS(=O)(=O)c2ccc(C(F)(F)F)cc2)CC1. The molecule has 208 valence electrons. The Morgan fingerprint density at radius 3 is 2.28 bits per heavy atom. The molecule has 0 saturated carbocycles. The quantitative estimate of drug-likeness (QED) is 0.406. The van der Waals surface area contributed by atoms with Gasteiger partial charge in [-0.15, -0.1) is 0 Å². The lowest BCUT2D eigenvalue weighted by atomic mass is 10.1. The van der Waals surface area contributed by atoms with Crippen molar-refractivity contribution in [1.29, 1.82) is 0 Å². The molecule has 3 aromatic rings. The highest BCUT2D eigenvalue weighted by atomic mass is 32.2. The van der Waals surface area contributed by atoms with E-state index in [4.69, 9.17) is 0 Å². The summed E-state index contributed by atoms with van der Waals surface area (Å²) in [4.78, 5) is 16.7. The molecule has 0 unspecified atom stereocenters. The fourth-order valence-electron chi connectivity index (χ4n) is 4.24. The van der Waals surface area contributed by atoms with E-state index in [9.17, 15) is 30.8 Å². The fourth-order valence-corrected chi connectivity index (χ4v) is 5.30. The third-order valence-electron chi connectivity index (χ3n) is 6.42. The van der Waals surface area contributed by atoms with E-state index < -0.39 is 33.5 Å². The number of amides is 1. The van der Waals surface area contributed by atoms with Crippen LogP contribution in [0.4, 0.5) is 28.9 Å². The smallest absolute Gasteiger partial charge is 0.369 e. The topological polar surface area (TPSA) is 81.8 Å². The number of hydrogen-bond donors (Lipinski definition) is 2. The Morgan fingerprint density at radius 2 is 1.62 bits per heavy atom. The summed E-state index contributed by atoms with van der Waals surface area (Å²) in [5.74, 6) is -0.873. The van der Waals surface area contributed by atoms with E-state index in [-0.39, 0.29) is 22.7 Å². The molecule has 1 aliphatic heterocycles. The predicted molar refractivity (Wildman–Crippen MR) is 141 cm³/mol. The van der Waals surface area contributed by atoms with Crippen LogP contribution in [-0.2, 0) is 22.7 Å². The number of likely N-dealkylation sites (N-methyl/N-ethyl adjacent to an activating group) is 1. The molecule has 1 amide bonds. The minimum Gasteiger partial charge on any atom is -0.369 e. The van der Waals surface area contributed by atoms with Gasteiger partial charge in [-0.05, 0) is 80.2 Å². The number of rotatable bonds is 7. The molecule has 3 aromatic carbocycles. The Morgan fingerprint density at radius 1 is 0.923 bits per heavy atom. The van der Waals surface area contributed by atoms with Crippen molar-refractivity contribution in [3.05, 3.63) is 89.2 Å². The van der Waals surface area contributed by atoms with E-state index in [2.05, 4.69) is 14.9 Å². The van der Waals surface area contributed by atoms with Crippen LogP contribution in [0, 0.1) is 5.82 Å². The van der Waals surface area contributed by atoms with Crippen LogP contribution in [-0.4, -0.2) is 52.5 Å². The summed E-state index contributed by atoms with van der Waals surface area (Å²) < 4.78 is 80.9. The average molecular weight is 565 g/mol. The van der Waals surface area contributed by atoms with Crippen LogP contribution in [0.15, 0.2) is 71.6 Å². The molecule has 4 rings (SSSR count). The fraction of sp³-hybridized carbons (Fsp3) is 0.296. The van der Waals surface area contributed by atoms with Gasteiger partial charge in [-0.3, -0.25) is 9.52 Å². The number of hydrogen-bond acceptors (Lipinski definition) is 5. The van der Waals surface area contributed by atoms with Gasteiger partial charge >= 0.3 is 6.18 Å². The van der Waals surface area contributed by atoms with Gasteiger partial charge in [0.25, 0.3) is 15.9 Å². The molecule has 1 fully saturated rings. The molecule has 1 heterocycles. The Hall–Kier alpha value is -3.64. The first-order chi connectivity index (χ1) is 18.4. The molecule has 0 spiro atoms. The van der Waals surface area contributed by atoms with Crippen molar-refractivity contribution in [1.82, 2.24) is 10.2 Å². The third-order valence-corrected chi connectivity index (χ3v) is 7.80. The number of benzene rings is 3. The zero-order valence-corrected chi connectivity index (χ0v) is 21.9. The second-order valence-corrected chi connectivity index (χ2v) is 11.0. The summed E-state index contributed by atoms with van der Waals surface area (Å²) in [7, 11) is -2.29. The van der Waals surface area contributed by atoms with Gasteiger partial charge in [0.2, 0.25) is 0 Å². The molecule has 7 nitrogen and oxygen atoms in total. The van der Waals surface area contributed by atoms with Crippen molar-refractivity contribution >= 4 is 27.3 Å². The average Bonchev–Trinajstić information content (AvgIpc) is 3.11. The maximum atomic E-state index is 13.2. The zero-order chi connectivity index (χ0) is 28.2. The first kappa shape index (κ1) is 28.4. The number of alkyl halides is 3. The lowest BCUT2D eigenvalue weighted by molar-refractivity contribution is -0.137. The second-order valence-electron chi connectivity index (χ2n) is 9.31. The minimum absolute atomic E-state index is 0.131. The normalized spacial score (nSPS) is 15.1. The van der Waals surface area contributed by atoms with Crippen molar-refractivity contribution < 1.29 is 30.8 Å². The summed E-state index contributed by atoms with van der Waals surface area (Å²) in [6.07, 6.45) is -3.76. The van der Waals surface area contributed by atoms with Gasteiger partial charge in [-0.2, -0.15) is 13.2 Å². The molecule has 0 bridgehead atoms. The Balaban J connectivity index is 1.62. The highest BCUT2D eigenvalue weighted by molar-refractivity contribution is 7.92. The van der Waals surface area contributed by atoms with Gasteiger partial charge in [-0.25, -0.2) is 12.8 Å². The summed E-state index contributed by atoms with van der Waals surface area (Å²) in [5, 5.41) is 2.73. The van der Waals surface area contributed by atoms with Crippen LogP contribution in [0.25, 0.3) is 0 Å². The highest BCUT2D eigenvalue weighted by Gasteiger charge is 2.31. The van der Waals surface area contributed by atoms with Gasteiger partial charge in [0.1, 0.15) is 5.82 Å². The van der Waals surface area contributed by atoms with Gasteiger partial charge in [0.05, 0.1) is 21.8 Å². The molecular weight excluding hydrogens is 536 g/mol. The van der Waals surface area contributed by atoms with E-state index in [1.54, 1.807) is 24.3 Å². The predicted octanol–water partition coefficient (Wildman–Crippen LogP) is 4.72. The number of anilines is 2. The summed E-state index contributed by atoms with van der Waals surface area (Å²) in [6.45, 7) is 3.00. The Kier molecular flexibility index (Phi) is 8.45. The first-order valence-corrected chi connectivity index (χ1v) is 13.7. The maximum absolute atomic E-state index is 13.2. The molecular formula is C27H28F4N4O3S. The number of sulfonamides is 1. The van der Waals surface area contributed by atoms with Gasteiger partial charge in [0, 0.05) is 31.7 Å². The second kappa shape index (κ2) is 11.6. The number of halogens is 4. The van der Waals surface area contributed by atoms with Crippen LogP contribution >= 0.6 is 0 Å². The molecule has 39 heavy (non-hydrogen) atoms. The summed E-state index contributed by atoms with van der Waals surface area (Å²) in [5.41, 5.74) is 0.580. The number of carbonyl (C=O) groups is 1. The van der Waals surface area contributed by atoms with Gasteiger partial charge < -0.3 is 15.1 Å². The summed E-state index contributed by atoms with van der Waals surface area (Å²) in [6, 6.07) is 13.5. The Labute approximate surface area is 224 Å². The van der Waals surface area contributed by atoms with E-state index >= 15 is 0 Å². The largest absolute Gasteiger partial charge is 0.416 e. The van der Waals surface area contributed by atoms with Crippen LogP contribution < -0.4 is 14.9 Å². The number of nitrogens with one attached hydrogen (secondary N) is 2. The van der Waals surface area contributed by atoms with Crippen molar-refractivity contribution in [2.45, 2.75) is 24.0 Å². The zero-order valence-electron chi connectivity index (χ0n) is 21.1. The lowest BCUT2D eigenvalue weighted by Gasteiger charge is -2.26. The van der Waals surface area contributed by atoms with Crippen molar-refractivity contribution in [2.24, 2.45) is 0 Å². The molecule has 0 atom stereocenters. The van der Waals surface area contributed by atoms with Crippen molar-refractivity contribution in [2.75, 3.05) is 42.8 Å². The Bertz CT molecular complexity index is 1410. The van der Waals surface area contributed by atoms with Gasteiger partial charge in [0.15, 0.2) is 0 Å². The third kappa shape index (κ3) is 7.27. The summed E-state index contributed by atoms with van der Waals surface area (Å²) >= 11 is 0. The highest BCUT2D eigenvalue weighted by Crippen LogP contribution is 2.32. The van der Waals surface area contributed by atoms with E-state index in [1.807, 2.05) is 11.9 Å². The standard InChI is InChI=1S/C27H28F4N4O3S/c1-34-13-2-14-35(16-15-34)25-12-5-20(26(36)32-18-19-3-8-22(28)9-4-19)17-24(25)33-39(37,38)23-10-6-21(7-11-23)27(29,30)31/h3-12,17,33H,2,13-16,18H2,1H3,(H,32,36). The molecule has 1 saturated heterocycles. The minimum atomic E-state index is -4.60. The first-order valence-electron chi connectivity index (χ1n) is 12.2. The van der Waals surface area contributed by atoms with Crippen molar-refractivity contribution in [3.8, 4) is 0 Å². The lowest BCUT2D eigenvalue weighted by Crippen LogP contribution is -2.30. The van der Waals surface area contributed by atoms with Gasteiger partial charge in [-0.1, -0.05) is 12.1 Å². The number of nitrogens with zero attached hydrogens (tertiary/aromatic N) is 2. The molecule has 2 N–H and O–H groups in total. The maximum Gasteiger partial charge on any atom is 0.416 e. The monoisotopic (exact) mass is 564 g/mol. The van der Waals surface area contributed by atoms with Crippen molar-refractivity contribution in [3.63, 3.8) is 0 Å². The molecule has 0 aromatic heterocycles. The number of carbonyl (C=O) groups excluding carboxylic acids is 1. The van der Waals surface area contributed by atoms with E-state index in [0.29, 0.717) is 36.5 Å². The van der Waals surface area contributed by atoms with E-state index in [0.717, 1.165) is 31.6 Å². The molecule has 1 aliphatic rings. The van der Waals surface area contributed by atoms with Crippen LogP contribution in [0.5, 0.6) is 0 Å². The molecule has 0 aliphatic carbocycles. The molecule has 0 radical (unpaired) electrons. The van der Waals surface area contributed by atoms with Crippen LogP contribution in [0.2, 0.25) is 0 Å². The van der Waals surface area contributed by atoms with Crippen LogP contribution in [0.1, 0.15) is 27.9 Å². The molecule has 12 heteroatoms.